The van der Waals surface area contributed by atoms with E-state index in [1.165, 1.54) is 12.8 Å². The van der Waals surface area contributed by atoms with E-state index < -0.39 is 0 Å². The van der Waals surface area contributed by atoms with E-state index in [2.05, 4.69) is 15.1 Å². The Kier molecular flexibility index (Phi) is 3.59. The second-order valence-corrected chi connectivity index (χ2v) is 4.88. The highest BCUT2D eigenvalue weighted by molar-refractivity contribution is 5.92. The Bertz CT molecular complexity index is 436. The molecule has 0 radical (unpaired) electrons. The molecular weight excluding hydrogens is 244 g/mol. The summed E-state index contributed by atoms with van der Waals surface area (Å²) in [5.74, 6) is 0.819. The maximum Gasteiger partial charge on any atom is 0.274 e. The first-order chi connectivity index (χ1) is 9.34. The molecule has 2 aliphatic rings. The van der Waals surface area contributed by atoms with E-state index >= 15 is 0 Å². The molecule has 1 amide bonds. The maximum atomic E-state index is 12.2. The molecule has 0 saturated carbocycles. The van der Waals surface area contributed by atoms with E-state index in [-0.39, 0.29) is 5.91 Å². The summed E-state index contributed by atoms with van der Waals surface area (Å²) in [4.78, 5) is 16.2. The quantitative estimate of drug-likeness (QED) is 0.779. The number of morpholine rings is 1. The van der Waals surface area contributed by atoms with Crippen molar-refractivity contribution in [1.82, 2.24) is 15.1 Å². The number of ether oxygens (including phenoxy) is 1. The van der Waals surface area contributed by atoms with Gasteiger partial charge in [0.15, 0.2) is 11.5 Å². The molecule has 0 aromatic carbocycles. The van der Waals surface area contributed by atoms with E-state index in [4.69, 9.17) is 4.74 Å². The molecular formula is C13H18N4O2. The van der Waals surface area contributed by atoms with Gasteiger partial charge in [0.05, 0.1) is 13.2 Å². The molecule has 2 aliphatic heterocycles. The number of carbonyl (C=O) groups excluding carboxylic acids is 1. The van der Waals surface area contributed by atoms with Crippen LogP contribution in [-0.2, 0) is 4.74 Å². The highest BCUT2D eigenvalue weighted by Crippen LogP contribution is 2.17. The normalized spacial score (nSPS) is 19.8. The summed E-state index contributed by atoms with van der Waals surface area (Å²) in [6, 6.07) is 3.67. The van der Waals surface area contributed by atoms with Crippen molar-refractivity contribution in [3.05, 3.63) is 17.8 Å². The van der Waals surface area contributed by atoms with Gasteiger partial charge >= 0.3 is 0 Å². The number of hydrogen-bond acceptors (Lipinski definition) is 5. The van der Waals surface area contributed by atoms with Crippen LogP contribution < -0.4 is 4.90 Å². The predicted molar refractivity (Wildman–Crippen MR) is 70.2 cm³/mol. The van der Waals surface area contributed by atoms with Crippen LogP contribution in [0.2, 0.25) is 0 Å². The molecule has 19 heavy (non-hydrogen) atoms. The number of amides is 1. The SMILES string of the molecule is O=C(c1ccc(N2CCCC2)nn1)N1CCOCC1. The van der Waals surface area contributed by atoms with E-state index in [1.54, 1.807) is 11.0 Å². The second kappa shape index (κ2) is 5.52. The van der Waals surface area contributed by atoms with E-state index in [0.717, 1.165) is 18.9 Å². The third-order valence-electron chi connectivity index (χ3n) is 3.60. The maximum absolute atomic E-state index is 12.2. The van der Waals surface area contributed by atoms with Gasteiger partial charge in [-0.05, 0) is 25.0 Å². The van der Waals surface area contributed by atoms with Crippen LogP contribution in [0.5, 0.6) is 0 Å². The van der Waals surface area contributed by atoms with Crippen molar-refractivity contribution in [2.24, 2.45) is 0 Å². The Balaban J connectivity index is 1.69. The van der Waals surface area contributed by atoms with Gasteiger partial charge in [-0.1, -0.05) is 0 Å². The fraction of sp³-hybridized carbons (Fsp3) is 0.615. The average Bonchev–Trinajstić information content (AvgIpc) is 3.02. The van der Waals surface area contributed by atoms with Crippen molar-refractivity contribution in [3.8, 4) is 0 Å². The van der Waals surface area contributed by atoms with Crippen molar-refractivity contribution in [3.63, 3.8) is 0 Å². The fourth-order valence-corrected chi connectivity index (χ4v) is 2.48. The summed E-state index contributed by atoms with van der Waals surface area (Å²) < 4.78 is 5.24. The van der Waals surface area contributed by atoms with Gasteiger partial charge < -0.3 is 14.5 Å². The van der Waals surface area contributed by atoms with Crippen molar-refractivity contribution < 1.29 is 9.53 Å². The van der Waals surface area contributed by atoms with Crippen molar-refractivity contribution >= 4 is 11.7 Å². The summed E-state index contributed by atoms with van der Waals surface area (Å²) in [5, 5.41) is 8.25. The molecule has 0 N–H and O–H groups in total. The van der Waals surface area contributed by atoms with Gasteiger partial charge in [-0.25, -0.2) is 0 Å². The standard InChI is InChI=1S/C13H18N4O2/c18-13(17-7-9-19-10-8-17)11-3-4-12(15-14-11)16-5-1-2-6-16/h3-4H,1-2,5-10H2. The van der Waals surface area contributed by atoms with Crippen LogP contribution in [0.25, 0.3) is 0 Å². The van der Waals surface area contributed by atoms with Gasteiger partial charge in [0.25, 0.3) is 5.91 Å². The molecule has 3 heterocycles. The minimum Gasteiger partial charge on any atom is -0.378 e. The highest BCUT2D eigenvalue weighted by Gasteiger charge is 2.21. The van der Waals surface area contributed by atoms with Gasteiger partial charge in [0, 0.05) is 26.2 Å². The Morgan fingerprint density at radius 2 is 1.79 bits per heavy atom. The van der Waals surface area contributed by atoms with Gasteiger partial charge in [-0.15, -0.1) is 10.2 Å². The number of rotatable bonds is 2. The van der Waals surface area contributed by atoms with Crippen molar-refractivity contribution in [2.45, 2.75) is 12.8 Å². The first kappa shape index (κ1) is 12.3. The number of carbonyl (C=O) groups is 1. The topological polar surface area (TPSA) is 58.6 Å². The highest BCUT2D eigenvalue weighted by atomic mass is 16.5. The molecule has 0 unspecified atom stereocenters. The van der Waals surface area contributed by atoms with Crippen LogP contribution in [0.1, 0.15) is 23.3 Å². The third-order valence-corrected chi connectivity index (χ3v) is 3.60. The molecule has 0 atom stereocenters. The lowest BCUT2D eigenvalue weighted by atomic mass is 10.3. The van der Waals surface area contributed by atoms with E-state index in [9.17, 15) is 4.79 Å². The fourth-order valence-electron chi connectivity index (χ4n) is 2.48. The number of nitrogens with zero attached hydrogens (tertiary/aromatic N) is 4. The molecule has 2 saturated heterocycles. The van der Waals surface area contributed by atoms with Crippen molar-refractivity contribution in [1.29, 1.82) is 0 Å². The molecule has 2 fully saturated rings. The molecule has 0 bridgehead atoms. The molecule has 102 valence electrons. The van der Waals surface area contributed by atoms with Crippen LogP contribution >= 0.6 is 0 Å². The average molecular weight is 262 g/mol. The largest absolute Gasteiger partial charge is 0.378 e. The summed E-state index contributed by atoms with van der Waals surface area (Å²) in [5.41, 5.74) is 0.421. The Morgan fingerprint density at radius 1 is 1.05 bits per heavy atom. The first-order valence-electron chi connectivity index (χ1n) is 6.80. The third kappa shape index (κ3) is 2.68. The minimum atomic E-state index is -0.0521. The lowest BCUT2D eigenvalue weighted by Crippen LogP contribution is -2.41. The summed E-state index contributed by atoms with van der Waals surface area (Å²) in [7, 11) is 0. The predicted octanol–water partition coefficient (Wildman–Crippen LogP) is 0.549. The second-order valence-electron chi connectivity index (χ2n) is 4.88. The Labute approximate surface area is 112 Å². The molecule has 3 rings (SSSR count). The Morgan fingerprint density at radius 3 is 2.42 bits per heavy atom. The van der Waals surface area contributed by atoms with Gasteiger partial charge in [-0.3, -0.25) is 4.79 Å². The molecule has 0 aliphatic carbocycles. The molecule has 6 nitrogen and oxygen atoms in total. The van der Waals surface area contributed by atoms with Crippen LogP contribution in [-0.4, -0.2) is 60.4 Å². The number of aromatic nitrogens is 2. The molecule has 1 aromatic heterocycles. The zero-order chi connectivity index (χ0) is 13.1. The zero-order valence-corrected chi connectivity index (χ0v) is 10.9. The van der Waals surface area contributed by atoms with E-state index in [0.29, 0.717) is 32.0 Å². The molecule has 6 heteroatoms. The first-order valence-corrected chi connectivity index (χ1v) is 6.80. The molecule has 0 spiro atoms. The Hall–Kier alpha value is -1.69. The van der Waals surface area contributed by atoms with Crippen LogP contribution in [0.4, 0.5) is 5.82 Å². The van der Waals surface area contributed by atoms with Gasteiger partial charge in [0.2, 0.25) is 0 Å². The lowest BCUT2D eigenvalue weighted by molar-refractivity contribution is 0.0298. The van der Waals surface area contributed by atoms with E-state index in [1.807, 2.05) is 6.07 Å². The number of hydrogen-bond donors (Lipinski definition) is 0. The summed E-state index contributed by atoms with van der Waals surface area (Å²) in [6.07, 6.45) is 2.41. The lowest BCUT2D eigenvalue weighted by Gasteiger charge is -2.26. The zero-order valence-electron chi connectivity index (χ0n) is 10.9. The minimum absolute atomic E-state index is 0.0521. The smallest absolute Gasteiger partial charge is 0.274 e. The summed E-state index contributed by atoms with van der Waals surface area (Å²) >= 11 is 0. The van der Waals surface area contributed by atoms with Crippen molar-refractivity contribution in [2.75, 3.05) is 44.3 Å². The monoisotopic (exact) mass is 262 g/mol. The van der Waals surface area contributed by atoms with Gasteiger partial charge in [0.1, 0.15) is 0 Å². The van der Waals surface area contributed by atoms with Crippen LogP contribution in [0, 0.1) is 0 Å². The van der Waals surface area contributed by atoms with Crippen LogP contribution in [0.15, 0.2) is 12.1 Å². The number of anilines is 1. The summed E-state index contributed by atoms with van der Waals surface area (Å²) in [6.45, 7) is 4.54. The molecule has 1 aromatic rings. The van der Waals surface area contributed by atoms with Crippen LogP contribution in [0.3, 0.4) is 0 Å². The van der Waals surface area contributed by atoms with Gasteiger partial charge in [-0.2, -0.15) is 0 Å².